The van der Waals surface area contributed by atoms with E-state index in [-0.39, 0.29) is 0 Å². The van der Waals surface area contributed by atoms with Crippen LogP contribution in [0.5, 0.6) is 0 Å². The first-order chi connectivity index (χ1) is 13.7. The fourth-order valence-corrected chi connectivity index (χ4v) is 3.69. The largest absolute Gasteiger partial charge is 0.0837 e. The van der Waals surface area contributed by atoms with Gasteiger partial charge in [0.05, 0.1) is 0 Å². The SMILES string of the molecule is Clc1ccc(Cl)c(/C=C\c2cccc3ccccc23)c1/C=C\c1ccccc1. The number of benzene rings is 4. The van der Waals surface area contributed by atoms with E-state index in [4.69, 9.17) is 23.2 Å². The molecule has 0 saturated heterocycles. The van der Waals surface area contributed by atoms with Crippen molar-refractivity contribution in [3.63, 3.8) is 0 Å². The van der Waals surface area contributed by atoms with Crippen molar-refractivity contribution in [2.75, 3.05) is 0 Å². The molecule has 4 aromatic carbocycles. The second-order valence-corrected chi connectivity index (χ2v) is 7.32. The highest BCUT2D eigenvalue weighted by Gasteiger charge is 2.07. The van der Waals surface area contributed by atoms with Crippen LogP contribution >= 0.6 is 23.2 Å². The van der Waals surface area contributed by atoms with Crippen LogP contribution < -0.4 is 0 Å². The maximum absolute atomic E-state index is 6.52. The molecule has 0 aliphatic rings. The molecular formula is C26H18Cl2. The summed E-state index contributed by atoms with van der Waals surface area (Å²) in [6.07, 6.45) is 8.21. The molecule has 0 saturated carbocycles. The molecule has 0 unspecified atom stereocenters. The van der Waals surface area contributed by atoms with Crippen molar-refractivity contribution in [2.45, 2.75) is 0 Å². The Kier molecular flexibility index (Phi) is 5.62. The van der Waals surface area contributed by atoms with Crippen LogP contribution in [0.1, 0.15) is 22.3 Å². The zero-order valence-corrected chi connectivity index (χ0v) is 16.7. The molecule has 0 bridgehead atoms. The van der Waals surface area contributed by atoms with Gasteiger partial charge in [-0.1, -0.05) is 120 Å². The van der Waals surface area contributed by atoms with E-state index in [1.54, 1.807) is 0 Å². The summed E-state index contributed by atoms with van der Waals surface area (Å²) in [4.78, 5) is 0. The lowest BCUT2D eigenvalue weighted by Crippen LogP contribution is -1.85. The number of hydrogen-bond acceptors (Lipinski definition) is 0. The topological polar surface area (TPSA) is 0 Å². The molecule has 4 rings (SSSR count). The summed E-state index contributed by atoms with van der Waals surface area (Å²) in [5.41, 5.74) is 4.08. The van der Waals surface area contributed by atoms with Crippen LogP contribution in [0.3, 0.4) is 0 Å². The molecule has 0 spiro atoms. The predicted molar refractivity (Wildman–Crippen MR) is 125 cm³/mol. The Bertz CT molecular complexity index is 1170. The van der Waals surface area contributed by atoms with Crippen molar-refractivity contribution in [2.24, 2.45) is 0 Å². The van der Waals surface area contributed by atoms with Gasteiger partial charge in [0.2, 0.25) is 0 Å². The standard InChI is InChI=1S/C26H18Cl2/c27-25-17-18-26(28)24(23(25)15-13-19-7-2-1-3-8-19)16-14-21-11-6-10-20-9-4-5-12-22(20)21/h1-18H/b15-13-,16-14-. The third-order valence-corrected chi connectivity index (χ3v) is 5.33. The lowest BCUT2D eigenvalue weighted by atomic mass is 10.0. The molecule has 0 amide bonds. The van der Waals surface area contributed by atoms with E-state index in [0.717, 1.165) is 22.3 Å². The molecule has 0 aliphatic carbocycles. The molecule has 136 valence electrons. The summed E-state index contributed by atoms with van der Waals surface area (Å²) in [7, 11) is 0. The van der Waals surface area contributed by atoms with Gasteiger partial charge in [0.15, 0.2) is 0 Å². The number of fused-ring (bicyclic) bond motifs is 1. The zero-order chi connectivity index (χ0) is 19.3. The second kappa shape index (κ2) is 8.48. The van der Waals surface area contributed by atoms with Gasteiger partial charge in [-0.05, 0) is 34.0 Å². The molecule has 0 fully saturated rings. The molecule has 0 radical (unpaired) electrons. The van der Waals surface area contributed by atoms with E-state index in [9.17, 15) is 0 Å². The van der Waals surface area contributed by atoms with E-state index >= 15 is 0 Å². The maximum Gasteiger partial charge on any atom is 0.0485 e. The summed E-state index contributed by atoms with van der Waals surface area (Å²) in [6, 6.07) is 28.5. The van der Waals surface area contributed by atoms with Gasteiger partial charge in [0.1, 0.15) is 0 Å². The average Bonchev–Trinajstić information content (AvgIpc) is 2.74. The summed E-state index contributed by atoms with van der Waals surface area (Å²) >= 11 is 13.0. The van der Waals surface area contributed by atoms with E-state index < -0.39 is 0 Å². The molecule has 0 heterocycles. The Balaban J connectivity index is 1.76. The molecule has 0 atom stereocenters. The van der Waals surface area contributed by atoms with Gasteiger partial charge in [0.25, 0.3) is 0 Å². The fourth-order valence-electron chi connectivity index (χ4n) is 3.23. The quantitative estimate of drug-likeness (QED) is 0.301. The Morgan fingerprint density at radius 1 is 0.500 bits per heavy atom. The minimum Gasteiger partial charge on any atom is -0.0837 e. The highest BCUT2D eigenvalue weighted by atomic mass is 35.5. The zero-order valence-electron chi connectivity index (χ0n) is 15.1. The average molecular weight is 401 g/mol. The molecule has 0 N–H and O–H groups in total. The first kappa shape index (κ1) is 18.6. The van der Waals surface area contributed by atoms with E-state index in [1.807, 2.05) is 48.6 Å². The van der Waals surface area contributed by atoms with Crippen molar-refractivity contribution in [1.29, 1.82) is 0 Å². The van der Waals surface area contributed by atoms with Crippen molar-refractivity contribution in [3.05, 3.63) is 117 Å². The third-order valence-electron chi connectivity index (χ3n) is 4.68. The van der Waals surface area contributed by atoms with Gasteiger partial charge in [-0.25, -0.2) is 0 Å². The minimum atomic E-state index is 0.675. The van der Waals surface area contributed by atoms with Crippen molar-refractivity contribution >= 4 is 58.3 Å². The van der Waals surface area contributed by atoms with Crippen LogP contribution in [0.25, 0.3) is 35.1 Å². The normalized spacial score (nSPS) is 11.6. The smallest absolute Gasteiger partial charge is 0.0485 e. The van der Waals surface area contributed by atoms with E-state index in [2.05, 4.69) is 60.7 Å². The lowest BCUT2D eigenvalue weighted by molar-refractivity contribution is 1.60. The molecule has 28 heavy (non-hydrogen) atoms. The van der Waals surface area contributed by atoms with Gasteiger partial charge >= 0.3 is 0 Å². The summed E-state index contributed by atoms with van der Waals surface area (Å²) in [5, 5.41) is 3.77. The third kappa shape index (κ3) is 4.04. The van der Waals surface area contributed by atoms with Gasteiger partial charge in [-0.3, -0.25) is 0 Å². The first-order valence-electron chi connectivity index (χ1n) is 9.09. The number of rotatable bonds is 4. The molecule has 0 nitrogen and oxygen atoms in total. The van der Waals surface area contributed by atoms with Crippen LogP contribution in [0.15, 0.2) is 84.9 Å². The lowest BCUT2D eigenvalue weighted by Gasteiger charge is -2.08. The van der Waals surface area contributed by atoms with Gasteiger partial charge in [-0.2, -0.15) is 0 Å². The van der Waals surface area contributed by atoms with Gasteiger partial charge in [-0.15, -0.1) is 0 Å². The minimum absolute atomic E-state index is 0.675. The van der Waals surface area contributed by atoms with Gasteiger partial charge < -0.3 is 0 Å². The summed E-state index contributed by atoms with van der Waals surface area (Å²) < 4.78 is 0. The molecule has 2 heteroatoms. The maximum atomic E-state index is 6.52. The van der Waals surface area contributed by atoms with Crippen molar-refractivity contribution in [1.82, 2.24) is 0 Å². The Labute approximate surface area is 175 Å². The summed E-state index contributed by atoms with van der Waals surface area (Å²) in [5.74, 6) is 0. The van der Waals surface area contributed by atoms with Crippen molar-refractivity contribution in [3.8, 4) is 0 Å². The van der Waals surface area contributed by atoms with Crippen LogP contribution in [-0.2, 0) is 0 Å². The Hall–Kier alpha value is -2.80. The first-order valence-corrected chi connectivity index (χ1v) is 9.85. The fraction of sp³-hybridized carbons (Fsp3) is 0. The molecular weight excluding hydrogens is 383 g/mol. The second-order valence-electron chi connectivity index (χ2n) is 6.50. The van der Waals surface area contributed by atoms with Crippen molar-refractivity contribution < 1.29 is 0 Å². The summed E-state index contributed by atoms with van der Waals surface area (Å²) in [6.45, 7) is 0. The Morgan fingerprint density at radius 3 is 1.86 bits per heavy atom. The highest BCUT2D eigenvalue weighted by Crippen LogP contribution is 2.31. The Morgan fingerprint density at radius 2 is 1.11 bits per heavy atom. The van der Waals surface area contributed by atoms with E-state index in [0.29, 0.717) is 10.0 Å². The molecule has 0 aromatic heterocycles. The number of hydrogen-bond donors (Lipinski definition) is 0. The number of halogens is 2. The van der Waals surface area contributed by atoms with Gasteiger partial charge in [0, 0.05) is 21.2 Å². The van der Waals surface area contributed by atoms with Crippen LogP contribution in [0.4, 0.5) is 0 Å². The molecule has 0 aliphatic heterocycles. The van der Waals surface area contributed by atoms with E-state index in [1.165, 1.54) is 10.8 Å². The predicted octanol–water partition coefficient (Wildman–Crippen LogP) is 8.49. The van der Waals surface area contributed by atoms with Crippen LogP contribution in [-0.4, -0.2) is 0 Å². The molecule has 4 aromatic rings. The van der Waals surface area contributed by atoms with Crippen LogP contribution in [0.2, 0.25) is 10.0 Å². The highest BCUT2D eigenvalue weighted by molar-refractivity contribution is 6.35. The van der Waals surface area contributed by atoms with Crippen LogP contribution in [0, 0.1) is 0 Å². The monoisotopic (exact) mass is 400 g/mol.